The lowest BCUT2D eigenvalue weighted by Gasteiger charge is -2.34. The molecule has 0 aromatic heterocycles. The fraction of sp³-hybridized carbons (Fsp3) is 0.556. The van der Waals surface area contributed by atoms with Crippen molar-refractivity contribution in [2.24, 2.45) is 11.8 Å². The molecule has 2 N–H and O–H groups in total. The summed E-state index contributed by atoms with van der Waals surface area (Å²) < 4.78 is 5.20. The van der Waals surface area contributed by atoms with E-state index in [1.165, 1.54) is 6.42 Å². The number of amides is 2. The van der Waals surface area contributed by atoms with Crippen LogP contribution in [0.4, 0.5) is 5.69 Å². The summed E-state index contributed by atoms with van der Waals surface area (Å²) in [6.45, 7) is 4.00. The first-order valence-corrected chi connectivity index (χ1v) is 9.25. The van der Waals surface area contributed by atoms with Gasteiger partial charge < -0.3 is 15.4 Å². The van der Waals surface area contributed by atoms with Crippen LogP contribution in [0.15, 0.2) is 18.2 Å². The standard InChI is InChI=1S/C18H24Cl2N2O3/c1-11-5-3-7-14(12(11)2)21-16(23)9-25-10-17(24)22-15-8-4-6-13(19)18(15)20/h4,6,8,11-12,14H,3,5,7,9-10H2,1-2H3,(H,21,23)(H,22,24). The van der Waals surface area contributed by atoms with Crippen molar-refractivity contribution in [3.63, 3.8) is 0 Å². The molecule has 0 saturated heterocycles. The molecule has 2 amide bonds. The van der Waals surface area contributed by atoms with E-state index in [1.54, 1.807) is 18.2 Å². The van der Waals surface area contributed by atoms with Crippen molar-refractivity contribution in [2.75, 3.05) is 18.5 Å². The van der Waals surface area contributed by atoms with Gasteiger partial charge in [0, 0.05) is 6.04 Å². The number of carbonyl (C=O) groups excluding carboxylic acids is 2. The van der Waals surface area contributed by atoms with Crippen molar-refractivity contribution in [1.29, 1.82) is 0 Å². The Balaban J connectivity index is 1.72. The maximum atomic E-state index is 12.0. The Bertz CT molecular complexity index is 624. The molecule has 0 spiro atoms. The minimum Gasteiger partial charge on any atom is -0.362 e. The fourth-order valence-corrected chi connectivity index (χ4v) is 3.40. The molecule has 138 valence electrons. The van der Waals surface area contributed by atoms with E-state index in [0.29, 0.717) is 22.5 Å². The second-order valence-electron chi connectivity index (χ2n) is 6.58. The van der Waals surface area contributed by atoms with E-state index in [4.69, 9.17) is 27.9 Å². The van der Waals surface area contributed by atoms with Crippen LogP contribution in [-0.4, -0.2) is 31.1 Å². The summed E-state index contributed by atoms with van der Waals surface area (Å²) in [7, 11) is 0. The zero-order valence-corrected chi connectivity index (χ0v) is 16.0. The van der Waals surface area contributed by atoms with Crippen LogP contribution in [0.1, 0.15) is 33.1 Å². The van der Waals surface area contributed by atoms with Gasteiger partial charge >= 0.3 is 0 Å². The third-order valence-electron chi connectivity index (χ3n) is 4.75. The molecule has 5 nitrogen and oxygen atoms in total. The SMILES string of the molecule is CC1CCCC(NC(=O)COCC(=O)Nc2cccc(Cl)c2Cl)C1C. The van der Waals surface area contributed by atoms with Gasteiger partial charge in [-0.2, -0.15) is 0 Å². The van der Waals surface area contributed by atoms with E-state index in [0.717, 1.165) is 12.8 Å². The van der Waals surface area contributed by atoms with Crippen LogP contribution in [0.25, 0.3) is 0 Å². The van der Waals surface area contributed by atoms with Gasteiger partial charge in [0.15, 0.2) is 0 Å². The number of hydrogen-bond acceptors (Lipinski definition) is 3. The van der Waals surface area contributed by atoms with E-state index in [1.807, 2.05) is 0 Å². The lowest BCUT2D eigenvalue weighted by atomic mass is 9.78. The minimum atomic E-state index is -0.392. The number of carbonyl (C=O) groups is 2. The van der Waals surface area contributed by atoms with Gasteiger partial charge in [0.05, 0.1) is 15.7 Å². The zero-order valence-electron chi connectivity index (χ0n) is 14.5. The Morgan fingerprint density at radius 3 is 2.64 bits per heavy atom. The topological polar surface area (TPSA) is 67.4 Å². The van der Waals surface area contributed by atoms with Gasteiger partial charge in [-0.3, -0.25) is 9.59 Å². The first-order chi connectivity index (χ1) is 11.9. The van der Waals surface area contributed by atoms with Crippen LogP contribution >= 0.6 is 23.2 Å². The molecule has 1 aromatic rings. The molecule has 0 radical (unpaired) electrons. The van der Waals surface area contributed by atoms with Crippen molar-refractivity contribution in [3.05, 3.63) is 28.2 Å². The molecule has 2 rings (SSSR count). The summed E-state index contributed by atoms with van der Waals surface area (Å²) in [6.07, 6.45) is 3.32. The molecule has 0 bridgehead atoms. The van der Waals surface area contributed by atoms with Crippen LogP contribution in [0.5, 0.6) is 0 Å². The highest BCUT2D eigenvalue weighted by Gasteiger charge is 2.28. The molecule has 1 aromatic carbocycles. The summed E-state index contributed by atoms with van der Waals surface area (Å²) >= 11 is 11.9. The van der Waals surface area contributed by atoms with E-state index in [2.05, 4.69) is 24.5 Å². The number of nitrogens with one attached hydrogen (secondary N) is 2. The lowest BCUT2D eigenvalue weighted by Crippen LogP contribution is -2.45. The summed E-state index contributed by atoms with van der Waals surface area (Å²) in [5.74, 6) is 0.468. The Labute approximate surface area is 158 Å². The van der Waals surface area contributed by atoms with E-state index >= 15 is 0 Å². The quantitative estimate of drug-likeness (QED) is 0.778. The summed E-state index contributed by atoms with van der Waals surface area (Å²) in [5, 5.41) is 6.24. The van der Waals surface area contributed by atoms with Crippen molar-refractivity contribution in [3.8, 4) is 0 Å². The summed E-state index contributed by atoms with van der Waals surface area (Å²) in [5.41, 5.74) is 0.414. The second-order valence-corrected chi connectivity index (χ2v) is 7.37. The monoisotopic (exact) mass is 386 g/mol. The number of ether oxygens (including phenoxy) is 1. The highest BCUT2D eigenvalue weighted by molar-refractivity contribution is 6.43. The number of anilines is 1. The Kier molecular flexibility index (Phi) is 7.54. The molecule has 3 unspecified atom stereocenters. The van der Waals surface area contributed by atoms with Gasteiger partial charge in [0.2, 0.25) is 11.8 Å². The Hall–Kier alpha value is -1.30. The van der Waals surface area contributed by atoms with Crippen LogP contribution < -0.4 is 10.6 Å². The molecule has 25 heavy (non-hydrogen) atoms. The zero-order chi connectivity index (χ0) is 18.4. The molecule has 1 fully saturated rings. The Morgan fingerprint density at radius 2 is 1.88 bits per heavy atom. The van der Waals surface area contributed by atoms with Crippen LogP contribution in [0.3, 0.4) is 0 Å². The fourth-order valence-electron chi connectivity index (χ4n) is 3.06. The minimum absolute atomic E-state index is 0.145. The molecule has 7 heteroatoms. The first kappa shape index (κ1) is 20.0. The van der Waals surface area contributed by atoms with Gasteiger partial charge in [-0.05, 0) is 30.4 Å². The largest absolute Gasteiger partial charge is 0.362 e. The summed E-state index contributed by atoms with van der Waals surface area (Å²) in [6, 6.07) is 5.14. The van der Waals surface area contributed by atoms with E-state index < -0.39 is 5.91 Å². The first-order valence-electron chi connectivity index (χ1n) is 8.49. The molecule has 1 aliphatic carbocycles. The number of benzene rings is 1. The molecule has 1 aliphatic rings. The smallest absolute Gasteiger partial charge is 0.250 e. The van der Waals surface area contributed by atoms with Crippen molar-refractivity contribution < 1.29 is 14.3 Å². The summed E-state index contributed by atoms with van der Waals surface area (Å²) in [4.78, 5) is 23.9. The normalized spacial score (nSPS) is 23.1. The molecule has 0 heterocycles. The van der Waals surface area contributed by atoms with Crippen molar-refractivity contribution in [1.82, 2.24) is 5.32 Å². The van der Waals surface area contributed by atoms with Gasteiger partial charge in [0.1, 0.15) is 13.2 Å². The van der Waals surface area contributed by atoms with E-state index in [9.17, 15) is 9.59 Å². The predicted octanol–water partition coefficient (Wildman–Crippen LogP) is 3.89. The number of rotatable bonds is 6. The van der Waals surface area contributed by atoms with Crippen molar-refractivity contribution in [2.45, 2.75) is 39.2 Å². The maximum absolute atomic E-state index is 12.0. The van der Waals surface area contributed by atoms with Crippen LogP contribution in [-0.2, 0) is 14.3 Å². The Morgan fingerprint density at radius 1 is 1.16 bits per heavy atom. The average Bonchev–Trinajstić information content (AvgIpc) is 2.56. The predicted molar refractivity (Wildman–Crippen MR) is 100 cm³/mol. The molecular formula is C18H24Cl2N2O3. The third-order valence-corrected chi connectivity index (χ3v) is 5.56. The van der Waals surface area contributed by atoms with Gasteiger partial charge in [-0.15, -0.1) is 0 Å². The van der Waals surface area contributed by atoms with Crippen LogP contribution in [0.2, 0.25) is 10.0 Å². The highest BCUT2D eigenvalue weighted by atomic mass is 35.5. The number of hydrogen-bond donors (Lipinski definition) is 2. The van der Waals surface area contributed by atoms with E-state index in [-0.39, 0.29) is 30.2 Å². The average molecular weight is 387 g/mol. The lowest BCUT2D eigenvalue weighted by molar-refractivity contribution is -0.129. The van der Waals surface area contributed by atoms with Gasteiger partial charge in [-0.1, -0.05) is 56.0 Å². The second kappa shape index (κ2) is 9.41. The number of halogens is 2. The maximum Gasteiger partial charge on any atom is 0.250 e. The van der Waals surface area contributed by atoms with Crippen LogP contribution in [0, 0.1) is 11.8 Å². The van der Waals surface area contributed by atoms with Gasteiger partial charge in [0.25, 0.3) is 0 Å². The highest BCUT2D eigenvalue weighted by Crippen LogP contribution is 2.30. The molecule has 3 atom stereocenters. The van der Waals surface area contributed by atoms with Crippen molar-refractivity contribution >= 4 is 40.7 Å². The molecule has 0 aliphatic heterocycles. The third kappa shape index (κ3) is 5.87. The molecule has 1 saturated carbocycles. The van der Waals surface area contributed by atoms with Gasteiger partial charge in [-0.25, -0.2) is 0 Å². The molecular weight excluding hydrogens is 363 g/mol.